The first-order chi connectivity index (χ1) is 15.2. The quantitative estimate of drug-likeness (QED) is 0.517. The summed E-state index contributed by atoms with van der Waals surface area (Å²) in [5.41, 5.74) is 1.79. The summed E-state index contributed by atoms with van der Waals surface area (Å²) in [7, 11) is 1.62. The molecular weight excluding hydrogens is 428 g/mol. The van der Waals surface area contributed by atoms with E-state index in [9.17, 15) is 4.79 Å². The Labute approximate surface area is 192 Å². The average Bonchev–Trinajstić information content (AvgIpc) is 3.08. The maximum absolute atomic E-state index is 12.3. The number of hydrogen-bond acceptors (Lipinski definition) is 6. The molecule has 0 amide bonds. The van der Waals surface area contributed by atoms with Gasteiger partial charge in [-0.25, -0.2) is 4.99 Å². The second-order valence-corrected chi connectivity index (χ2v) is 8.67. The Bertz CT molecular complexity index is 1200. The van der Waals surface area contributed by atoms with Crippen molar-refractivity contribution in [2.45, 2.75) is 39.8 Å². The molecule has 0 saturated carbocycles. The Morgan fingerprint density at radius 1 is 1.16 bits per heavy atom. The average molecular weight is 453 g/mol. The zero-order valence-corrected chi connectivity index (χ0v) is 19.5. The first kappa shape index (κ1) is 22.0. The van der Waals surface area contributed by atoms with Crippen molar-refractivity contribution in [2.24, 2.45) is 10.9 Å². The molecule has 2 heterocycles. The highest BCUT2D eigenvalue weighted by molar-refractivity contribution is 6.30. The number of aryl methyl sites for hydroxylation is 1. The molecule has 0 saturated heterocycles. The molecule has 0 unspecified atom stereocenters. The first-order valence-electron chi connectivity index (χ1n) is 10.4. The molecule has 1 aromatic heterocycles. The fourth-order valence-corrected chi connectivity index (χ4v) is 4.21. The first-order valence-corrected chi connectivity index (χ1v) is 10.8. The summed E-state index contributed by atoms with van der Waals surface area (Å²) >= 11 is 6.15. The van der Waals surface area contributed by atoms with Crippen molar-refractivity contribution in [1.29, 1.82) is 0 Å². The van der Waals surface area contributed by atoms with E-state index in [1.807, 2.05) is 54.0 Å². The number of rotatable bonds is 5. The zero-order valence-electron chi connectivity index (χ0n) is 18.7. The molecule has 0 fully saturated rings. The Morgan fingerprint density at radius 3 is 2.50 bits per heavy atom. The van der Waals surface area contributed by atoms with Gasteiger partial charge in [-0.2, -0.15) is 0 Å². The number of benzene rings is 2. The third kappa shape index (κ3) is 3.88. The van der Waals surface area contributed by atoms with Crippen LogP contribution < -0.4 is 4.74 Å². The van der Waals surface area contributed by atoms with Crippen molar-refractivity contribution in [3.63, 3.8) is 0 Å². The number of esters is 1. The number of halogens is 1. The third-order valence-corrected chi connectivity index (χ3v) is 5.53. The minimum Gasteiger partial charge on any atom is -0.497 e. The molecule has 0 radical (unpaired) electrons. The van der Waals surface area contributed by atoms with Crippen LogP contribution in [0.4, 0.5) is 0 Å². The van der Waals surface area contributed by atoms with Gasteiger partial charge in [-0.15, -0.1) is 10.2 Å². The number of methoxy groups -OCH3 is 1. The maximum Gasteiger partial charge on any atom is 0.305 e. The summed E-state index contributed by atoms with van der Waals surface area (Å²) in [6.07, 6.45) is 0.437. The molecule has 0 N–H and O–H groups in total. The molecule has 0 bridgehead atoms. The van der Waals surface area contributed by atoms with Crippen LogP contribution in [0.1, 0.15) is 50.0 Å². The van der Waals surface area contributed by atoms with Gasteiger partial charge in [-0.1, -0.05) is 37.6 Å². The van der Waals surface area contributed by atoms with E-state index < -0.39 is 11.7 Å². The van der Waals surface area contributed by atoms with Crippen LogP contribution >= 0.6 is 11.6 Å². The van der Waals surface area contributed by atoms with Crippen LogP contribution in [0.15, 0.2) is 47.5 Å². The number of aromatic nitrogens is 3. The standard InChI is InChI=1S/C24H25ClN4O3/c1-14(2)13-24(32-16(4)30)23-28-27-15(3)29(23)21-11-10-19(31-5)12-20(21)22(26-24)17-6-8-18(25)9-7-17/h6-12,14H,13H2,1-5H3/t24-/m0/s1. The van der Waals surface area contributed by atoms with E-state index in [2.05, 4.69) is 24.0 Å². The summed E-state index contributed by atoms with van der Waals surface area (Å²) in [6.45, 7) is 7.36. The molecule has 7 nitrogen and oxygen atoms in total. The topological polar surface area (TPSA) is 78.6 Å². The van der Waals surface area contributed by atoms with E-state index in [0.29, 0.717) is 34.6 Å². The highest BCUT2D eigenvalue weighted by Crippen LogP contribution is 2.40. The van der Waals surface area contributed by atoms with Gasteiger partial charge in [0.05, 0.1) is 18.5 Å². The predicted octanol–water partition coefficient (Wildman–Crippen LogP) is 4.85. The molecule has 3 aromatic rings. The van der Waals surface area contributed by atoms with Gasteiger partial charge in [0.15, 0.2) is 0 Å². The van der Waals surface area contributed by atoms with Crippen LogP contribution in [0.3, 0.4) is 0 Å². The molecule has 4 rings (SSSR count). The van der Waals surface area contributed by atoms with Gasteiger partial charge in [0.25, 0.3) is 5.72 Å². The molecule has 0 spiro atoms. The molecule has 1 atom stereocenters. The fraction of sp³-hybridized carbons (Fsp3) is 0.333. The van der Waals surface area contributed by atoms with Crippen LogP contribution in [0.5, 0.6) is 5.75 Å². The van der Waals surface area contributed by atoms with Crippen LogP contribution in [-0.4, -0.2) is 33.6 Å². The van der Waals surface area contributed by atoms with E-state index >= 15 is 0 Å². The summed E-state index contributed by atoms with van der Waals surface area (Å²) in [5.74, 6) is 1.53. The van der Waals surface area contributed by atoms with Crippen molar-refractivity contribution in [2.75, 3.05) is 7.11 Å². The maximum atomic E-state index is 12.3. The van der Waals surface area contributed by atoms with Gasteiger partial charge >= 0.3 is 5.97 Å². The summed E-state index contributed by atoms with van der Waals surface area (Å²) < 4.78 is 13.4. The minimum absolute atomic E-state index is 0.158. The van der Waals surface area contributed by atoms with Crippen LogP contribution in [0.2, 0.25) is 5.02 Å². The number of hydrogen-bond donors (Lipinski definition) is 0. The number of nitrogens with zero attached hydrogens (tertiary/aromatic N) is 4. The van der Waals surface area contributed by atoms with Gasteiger partial charge < -0.3 is 9.47 Å². The minimum atomic E-state index is -1.34. The van der Waals surface area contributed by atoms with E-state index in [1.165, 1.54) is 6.92 Å². The highest BCUT2D eigenvalue weighted by Gasteiger charge is 2.45. The van der Waals surface area contributed by atoms with E-state index in [4.69, 9.17) is 26.1 Å². The molecule has 8 heteroatoms. The van der Waals surface area contributed by atoms with Gasteiger partial charge in [-0.05, 0) is 43.2 Å². The van der Waals surface area contributed by atoms with Crippen molar-refractivity contribution in [3.8, 4) is 11.4 Å². The van der Waals surface area contributed by atoms with Crippen molar-refractivity contribution in [3.05, 3.63) is 70.3 Å². The fourth-order valence-electron chi connectivity index (χ4n) is 4.09. The SMILES string of the molecule is COc1ccc2c(c1)C(c1ccc(Cl)cc1)=N[C@@](CC(C)C)(OC(C)=O)c1nnc(C)n1-2. The summed E-state index contributed by atoms with van der Waals surface area (Å²) in [6, 6.07) is 13.2. The van der Waals surface area contributed by atoms with Crippen molar-refractivity contribution in [1.82, 2.24) is 14.8 Å². The Balaban J connectivity index is 2.12. The molecule has 0 aliphatic carbocycles. The normalized spacial score (nSPS) is 17.3. The Hall–Kier alpha value is -3.19. The lowest BCUT2D eigenvalue weighted by Crippen LogP contribution is -2.35. The van der Waals surface area contributed by atoms with E-state index in [1.54, 1.807) is 7.11 Å². The zero-order chi connectivity index (χ0) is 23.0. The van der Waals surface area contributed by atoms with E-state index in [-0.39, 0.29) is 5.92 Å². The van der Waals surface area contributed by atoms with Crippen LogP contribution in [0, 0.1) is 12.8 Å². The Kier molecular flexibility index (Phi) is 5.77. The molecule has 1 aliphatic heterocycles. The summed E-state index contributed by atoms with van der Waals surface area (Å²) in [5, 5.41) is 9.36. The van der Waals surface area contributed by atoms with Gasteiger partial charge in [0, 0.05) is 29.5 Å². The molecule has 1 aliphatic rings. The lowest BCUT2D eigenvalue weighted by Gasteiger charge is -2.29. The molecule has 2 aromatic carbocycles. The number of ether oxygens (including phenoxy) is 2. The van der Waals surface area contributed by atoms with Crippen molar-refractivity contribution >= 4 is 23.3 Å². The van der Waals surface area contributed by atoms with Crippen molar-refractivity contribution < 1.29 is 14.3 Å². The van der Waals surface area contributed by atoms with Crippen LogP contribution in [-0.2, 0) is 15.3 Å². The lowest BCUT2D eigenvalue weighted by molar-refractivity contribution is -0.160. The predicted molar refractivity (Wildman–Crippen MR) is 123 cm³/mol. The van der Waals surface area contributed by atoms with E-state index in [0.717, 1.165) is 16.8 Å². The number of aliphatic imine (C=N–C) groups is 1. The largest absolute Gasteiger partial charge is 0.497 e. The van der Waals surface area contributed by atoms with Crippen LogP contribution in [0.25, 0.3) is 5.69 Å². The number of carbonyl (C=O) groups excluding carboxylic acids is 1. The number of carbonyl (C=O) groups is 1. The second-order valence-electron chi connectivity index (χ2n) is 8.23. The van der Waals surface area contributed by atoms with Gasteiger partial charge in [0.2, 0.25) is 5.82 Å². The Morgan fingerprint density at radius 2 is 1.88 bits per heavy atom. The third-order valence-electron chi connectivity index (χ3n) is 5.28. The lowest BCUT2D eigenvalue weighted by atomic mass is 9.97. The second kappa shape index (κ2) is 8.39. The molecular formula is C24H25ClN4O3. The van der Waals surface area contributed by atoms with Gasteiger partial charge in [0.1, 0.15) is 11.6 Å². The molecule has 32 heavy (non-hydrogen) atoms. The smallest absolute Gasteiger partial charge is 0.305 e. The summed E-state index contributed by atoms with van der Waals surface area (Å²) in [4.78, 5) is 17.4. The monoisotopic (exact) mass is 452 g/mol. The van der Waals surface area contributed by atoms with Gasteiger partial charge in [-0.3, -0.25) is 9.36 Å². The highest BCUT2D eigenvalue weighted by atomic mass is 35.5. The number of fused-ring (bicyclic) bond motifs is 3. The molecule has 166 valence electrons.